The zero-order chi connectivity index (χ0) is 7.52. The van der Waals surface area contributed by atoms with Crippen molar-refractivity contribution in [2.45, 2.75) is 18.9 Å². The number of nitrogens with zero attached hydrogens (tertiary/aromatic N) is 2. The van der Waals surface area contributed by atoms with Gasteiger partial charge in [-0.15, -0.1) is 0 Å². The molecule has 1 fully saturated rings. The minimum Gasteiger partial charge on any atom is -0.289 e. The van der Waals surface area contributed by atoms with Gasteiger partial charge in [0.2, 0.25) is 5.95 Å². The summed E-state index contributed by atoms with van der Waals surface area (Å²) < 4.78 is 0. The van der Waals surface area contributed by atoms with Crippen LogP contribution in [0.1, 0.15) is 12.8 Å². The molecule has 0 aliphatic heterocycles. The highest BCUT2D eigenvalue weighted by atomic mass is 15.4. The van der Waals surface area contributed by atoms with Crippen LogP contribution in [0.5, 0.6) is 0 Å². The first-order chi connectivity index (χ1) is 5.45. The highest BCUT2D eigenvalue weighted by Gasteiger charge is 2.20. The maximum Gasteiger partial charge on any atom is 0.237 e. The van der Waals surface area contributed by atoms with Gasteiger partial charge in [0.25, 0.3) is 0 Å². The van der Waals surface area contributed by atoms with Gasteiger partial charge in [0, 0.05) is 18.4 Å². The molecule has 1 aliphatic carbocycles. The van der Waals surface area contributed by atoms with Crippen molar-refractivity contribution >= 4 is 5.95 Å². The number of rotatable bonds is 3. The van der Waals surface area contributed by atoms with Gasteiger partial charge in [0.15, 0.2) is 0 Å². The average molecular weight is 150 g/mol. The van der Waals surface area contributed by atoms with Crippen molar-refractivity contribution in [3.8, 4) is 0 Å². The van der Waals surface area contributed by atoms with Crippen molar-refractivity contribution in [2.75, 3.05) is 5.43 Å². The maximum atomic E-state index is 3.99. The van der Waals surface area contributed by atoms with Gasteiger partial charge in [0.1, 0.15) is 0 Å². The Balaban J connectivity index is 1.85. The fraction of sp³-hybridized carbons (Fsp3) is 0.429. The third kappa shape index (κ3) is 1.88. The van der Waals surface area contributed by atoms with E-state index < -0.39 is 0 Å². The van der Waals surface area contributed by atoms with E-state index in [1.54, 1.807) is 18.5 Å². The summed E-state index contributed by atoms with van der Waals surface area (Å²) in [7, 11) is 0. The van der Waals surface area contributed by atoms with Gasteiger partial charge in [-0.2, -0.15) is 0 Å². The van der Waals surface area contributed by atoms with E-state index in [2.05, 4.69) is 20.8 Å². The molecule has 0 aromatic carbocycles. The summed E-state index contributed by atoms with van der Waals surface area (Å²) in [5, 5.41) is 0. The topological polar surface area (TPSA) is 49.8 Å². The molecule has 0 radical (unpaired) electrons. The lowest BCUT2D eigenvalue weighted by Crippen LogP contribution is -2.24. The first-order valence-electron chi connectivity index (χ1n) is 3.74. The standard InChI is InChI=1S/C7H10N4/c1-4-8-7(9-5-1)11-10-6-2-3-6/h1,4-6,10H,2-3H2,(H,8,9,11). The second-order valence-corrected chi connectivity index (χ2v) is 2.62. The van der Waals surface area contributed by atoms with Crippen LogP contribution in [0, 0.1) is 0 Å². The Morgan fingerprint density at radius 1 is 1.27 bits per heavy atom. The van der Waals surface area contributed by atoms with Crippen LogP contribution < -0.4 is 10.9 Å². The minimum absolute atomic E-state index is 0.624. The lowest BCUT2D eigenvalue weighted by Gasteiger charge is -2.02. The van der Waals surface area contributed by atoms with Gasteiger partial charge in [0.05, 0.1) is 0 Å². The van der Waals surface area contributed by atoms with Gasteiger partial charge in [-0.1, -0.05) is 0 Å². The van der Waals surface area contributed by atoms with E-state index in [0.717, 1.165) is 0 Å². The highest BCUT2D eigenvalue weighted by molar-refractivity contribution is 5.20. The minimum atomic E-state index is 0.624. The number of aromatic nitrogens is 2. The highest BCUT2D eigenvalue weighted by Crippen LogP contribution is 2.18. The molecule has 1 aliphatic rings. The van der Waals surface area contributed by atoms with Crippen LogP contribution in [-0.4, -0.2) is 16.0 Å². The van der Waals surface area contributed by atoms with Gasteiger partial charge in [-0.05, 0) is 18.9 Å². The van der Waals surface area contributed by atoms with Crippen LogP contribution in [-0.2, 0) is 0 Å². The normalized spacial score (nSPS) is 16.4. The summed E-state index contributed by atoms with van der Waals surface area (Å²) in [5.74, 6) is 0.638. The van der Waals surface area contributed by atoms with E-state index in [1.807, 2.05) is 0 Å². The van der Waals surface area contributed by atoms with Crippen LogP contribution in [0.4, 0.5) is 5.95 Å². The Morgan fingerprint density at radius 2 is 2.00 bits per heavy atom. The van der Waals surface area contributed by atoms with Crippen molar-refractivity contribution in [1.82, 2.24) is 15.4 Å². The van der Waals surface area contributed by atoms with Crippen molar-refractivity contribution in [3.05, 3.63) is 18.5 Å². The van der Waals surface area contributed by atoms with E-state index in [4.69, 9.17) is 0 Å². The largest absolute Gasteiger partial charge is 0.289 e. The molecule has 1 heterocycles. The third-order valence-electron chi connectivity index (χ3n) is 1.53. The number of hydrogen-bond donors (Lipinski definition) is 2. The molecular weight excluding hydrogens is 140 g/mol. The molecule has 4 heteroatoms. The number of hydrogen-bond acceptors (Lipinski definition) is 4. The molecule has 2 rings (SSSR count). The Hall–Kier alpha value is -1.16. The molecule has 11 heavy (non-hydrogen) atoms. The van der Waals surface area contributed by atoms with E-state index in [9.17, 15) is 0 Å². The van der Waals surface area contributed by atoms with E-state index in [0.29, 0.717) is 12.0 Å². The monoisotopic (exact) mass is 150 g/mol. The Labute approximate surface area is 65.0 Å². The lowest BCUT2D eigenvalue weighted by atomic mass is 10.7. The lowest BCUT2D eigenvalue weighted by molar-refractivity contribution is 0.779. The summed E-state index contributed by atoms with van der Waals surface area (Å²) in [6, 6.07) is 2.42. The predicted molar refractivity (Wildman–Crippen MR) is 41.8 cm³/mol. The molecule has 0 bridgehead atoms. The van der Waals surface area contributed by atoms with Crippen LogP contribution >= 0.6 is 0 Å². The molecule has 4 nitrogen and oxygen atoms in total. The molecule has 2 N–H and O–H groups in total. The van der Waals surface area contributed by atoms with Crippen LogP contribution in [0.2, 0.25) is 0 Å². The molecule has 1 aromatic heterocycles. The second kappa shape index (κ2) is 2.84. The first-order valence-corrected chi connectivity index (χ1v) is 3.74. The number of hydrazine groups is 1. The fourth-order valence-corrected chi connectivity index (χ4v) is 0.758. The number of anilines is 1. The van der Waals surface area contributed by atoms with Crippen LogP contribution in [0.25, 0.3) is 0 Å². The predicted octanol–water partition coefficient (Wildman–Crippen LogP) is 0.555. The molecule has 0 atom stereocenters. The Bertz CT molecular complexity index is 219. The van der Waals surface area contributed by atoms with Crippen LogP contribution in [0.3, 0.4) is 0 Å². The van der Waals surface area contributed by atoms with E-state index in [-0.39, 0.29) is 0 Å². The molecule has 0 amide bonds. The second-order valence-electron chi connectivity index (χ2n) is 2.62. The molecule has 0 unspecified atom stereocenters. The summed E-state index contributed by atoms with van der Waals surface area (Å²) in [6.07, 6.45) is 5.92. The first kappa shape index (κ1) is 6.54. The Kier molecular flexibility index (Phi) is 1.69. The summed E-state index contributed by atoms with van der Waals surface area (Å²) in [6.45, 7) is 0. The smallest absolute Gasteiger partial charge is 0.237 e. The number of nitrogens with one attached hydrogen (secondary N) is 2. The van der Waals surface area contributed by atoms with Gasteiger partial charge in [-0.25, -0.2) is 15.4 Å². The summed E-state index contributed by atoms with van der Waals surface area (Å²) in [4.78, 5) is 7.99. The summed E-state index contributed by atoms with van der Waals surface area (Å²) in [5.41, 5.74) is 6.03. The van der Waals surface area contributed by atoms with E-state index >= 15 is 0 Å². The third-order valence-corrected chi connectivity index (χ3v) is 1.53. The van der Waals surface area contributed by atoms with Crippen LogP contribution in [0.15, 0.2) is 18.5 Å². The van der Waals surface area contributed by atoms with Crippen molar-refractivity contribution in [1.29, 1.82) is 0 Å². The van der Waals surface area contributed by atoms with Gasteiger partial charge >= 0.3 is 0 Å². The van der Waals surface area contributed by atoms with Crippen molar-refractivity contribution < 1.29 is 0 Å². The molecule has 1 aromatic rings. The van der Waals surface area contributed by atoms with Crippen molar-refractivity contribution in [2.24, 2.45) is 0 Å². The zero-order valence-electron chi connectivity index (χ0n) is 6.12. The van der Waals surface area contributed by atoms with Gasteiger partial charge in [-0.3, -0.25) is 5.43 Å². The average Bonchev–Trinajstić information content (AvgIpc) is 2.86. The molecule has 0 saturated heterocycles. The van der Waals surface area contributed by atoms with Crippen molar-refractivity contribution in [3.63, 3.8) is 0 Å². The molecule has 1 saturated carbocycles. The Morgan fingerprint density at radius 3 is 2.64 bits per heavy atom. The van der Waals surface area contributed by atoms with E-state index in [1.165, 1.54) is 12.8 Å². The molecular formula is C7H10N4. The molecule has 58 valence electrons. The van der Waals surface area contributed by atoms with Gasteiger partial charge < -0.3 is 0 Å². The fourth-order valence-electron chi connectivity index (χ4n) is 0.758. The quantitative estimate of drug-likeness (QED) is 0.618. The maximum absolute atomic E-state index is 3.99. The SMILES string of the molecule is c1cnc(NNC2CC2)nc1. The molecule has 0 spiro atoms. The zero-order valence-corrected chi connectivity index (χ0v) is 6.12. The summed E-state index contributed by atoms with van der Waals surface area (Å²) >= 11 is 0.